The van der Waals surface area contributed by atoms with Crippen LogP contribution in [-0.4, -0.2) is 25.3 Å². The summed E-state index contributed by atoms with van der Waals surface area (Å²) in [5.41, 5.74) is 0. The number of rotatable bonds is 4. The second-order valence-electron chi connectivity index (χ2n) is 3.96. The van der Waals surface area contributed by atoms with Gasteiger partial charge in [0.25, 0.3) is 0 Å². The van der Waals surface area contributed by atoms with Crippen molar-refractivity contribution in [2.45, 2.75) is 32.1 Å². The fourth-order valence-corrected chi connectivity index (χ4v) is 2.05. The van der Waals surface area contributed by atoms with Crippen LogP contribution in [0.3, 0.4) is 0 Å². The van der Waals surface area contributed by atoms with E-state index in [0.29, 0.717) is 12.5 Å². The molecule has 0 atom stereocenters. The highest BCUT2D eigenvalue weighted by molar-refractivity contribution is 4.72. The smallest absolute Gasteiger partial charge is 0.0459 e. The van der Waals surface area contributed by atoms with Gasteiger partial charge in [-0.3, -0.25) is 0 Å². The first-order chi connectivity index (χ1) is 5.86. The summed E-state index contributed by atoms with van der Waals surface area (Å²) >= 11 is 0. The largest absolute Gasteiger partial charge is 0.396 e. The van der Waals surface area contributed by atoms with E-state index in [2.05, 4.69) is 5.32 Å². The average molecular weight is 171 g/mol. The summed E-state index contributed by atoms with van der Waals surface area (Å²) in [5.74, 6) is 1.52. The van der Waals surface area contributed by atoms with E-state index in [4.69, 9.17) is 5.11 Å². The predicted molar refractivity (Wildman–Crippen MR) is 51.1 cm³/mol. The van der Waals surface area contributed by atoms with E-state index >= 15 is 0 Å². The van der Waals surface area contributed by atoms with Crippen molar-refractivity contribution in [2.24, 2.45) is 11.8 Å². The van der Waals surface area contributed by atoms with Crippen LogP contribution in [0.25, 0.3) is 0 Å². The molecule has 72 valence electrons. The quantitative estimate of drug-likeness (QED) is 0.670. The van der Waals surface area contributed by atoms with Crippen LogP contribution in [0.2, 0.25) is 0 Å². The minimum atomic E-state index is 0.402. The summed E-state index contributed by atoms with van der Waals surface area (Å²) in [6.45, 7) is 1.55. The van der Waals surface area contributed by atoms with Gasteiger partial charge in [0, 0.05) is 6.61 Å². The van der Waals surface area contributed by atoms with Crippen molar-refractivity contribution in [3.8, 4) is 0 Å². The van der Waals surface area contributed by atoms with Gasteiger partial charge in [-0.2, -0.15) is 0 Å². The van der Waals surface area contributed by atoms with E-state index in [0.717, 1.165) is 12.5 Å². The van der Waals surface area contributed by atoms with Gasteiger partial charge >= 0.3 is 0 Å². The second-order valence-corrected chi connectivity index (χ2v) is 3.96. The highest BCUT2D eigenvalue weighted by Gasteiger charge is 2.19. The molecule has 0 aromatic carbocycles. The summed E-state index contributed by atoms with van der Waals surface area (Å²) in [6.07, 6.45) is 6.45. The molecule has 0 saturated heterocycles. The van der Waals surface area contributed by atoms with Gasteiger partial charge < -0.3 is 10.4 Å². The Labute approximate surface area is 75.4 Å². The Hall–Kier alpha value is -0.0800. The molecule has 1 fully saturated rings. The zero-order valence-corrected chi connectivity index (χ0v) is 8.05. The van der Waals surface area contributed by atoms with E-state index in [-0.39, 0.29) is 0 Å². The van der Waals surface area contributed by atoms with Crippen molar-refractivity contribution in [1.29, 1.82) is 0 Å². The van der Waals surface area contributed by atoms with Crippen LogP contribution < -0.4 is 5.32 Å². The predicted octanol–water partition coefficient (Wildman–Crippen LogP) is 1.39. The highest BCUT2D eigenvalue weighted by atomic mass is 16.3. The van der Waals surface area contributed by atoms with Crippen molar-refractivity contribution in [1.82, 2.24) is 5.32 Å². The number of aliphatic hydroxyl groups is 1. The van der Waals surface area contributed by atoms with E-state index in [1.54, 1.807) is 0 Å². The molecule has 0 aromatic rings. The third-order valence-corrected chi connectivity index (χ3v) is 3.03. The van der Waals surface area contributed by atoms with Gasteiger partial charge in [0.1, 0.15) is 0 Å². The lowest BCUT2D eigenvalue weighted by Crippen LogP contribution is -2.20. The Morgan fingerprint density at radius 1 is 1.17 bits per heavy atom. The van der Waals surface area contributed by atoms with E-state index < -0.39 is 0 Å². The zero-order chi connectivity index (χ0) is 8.81. The topological polar surface area (TPSA) is 32.3 Å². The molecule has 1 rings (SSSR count). The van der Waals surface area contributed by atoms with Crippen LogP contribution in [0, 0.1) is 11.8 Å². The second kappa shape index (κ2) is 5.55. The third-order valence-electron chi connectivity index (χ3n) is 3.03. The molecule has 1 aliphatic rings. The van der Waals surface area contributed by atoms with E-state index in [1.807, 2.05) is 7.05 Å². The summed E-state index contributed by atoms with van der Waals surface area (Å²) in [6, 6.07) is 0. The molecule has 2 nitrogen and oxygen atoms in total. The zero-order valence-electron chi connectivity index (χ0n) is 8.05. The standard InChI is InChI=1S/C10H21NO/c1-11-7-6-9-2-4-10(8-12)5-3-9/h9-12H,2-8H2,1H3. The Morgan fingerprint density at radius 2 is 1.75 bits per heavy atom. The molecule has 0 amide bonds. The molecule has 0 aromatic heterocycles. The summed E-state index contributed by atoms with van der Waals surface area (Å²) in [4.78, 5) is 0. The lowest BCUT2D eigenvalue weighted by atomic mass is 9.81. The molecule has 0 heterocycles. The average Bonchev–Trinajstić information content (AvgIpc) is 2.15. The van der Waals surface area contributed by atoms with E-state index in [1.165, 1.54) is 32.1 Å². The van der Waals surface area contributed by atoms with Crippen LogP contribution >= 0.6 is 0 Å². The Balaban J connectivity index is 2.09. The van der Waals surface area contributed by atoms with Crippen LogP contribution in [0.15, 0.2) is 0 Å². The van der Waals surface area contributed by atoms with Gasteiger partial charge in [0.15, 0.2) is 0 Å². The first kappa shape index (κ1) is 10.0. The molecule has 2 heteroatoms. The molecular weight excluding hydrogens is 150 g/mol. The van der Waals surface area contributed by atoms with Crippen molar-refractivity contribution in [2.75, 3.05) is 20.2 Å². The number of hydrogen-bond donors (Lipinski definition) is 2. The van der Waals surface area contributed by atoms with Gasteiger partial charge in [0.2, 0.25) is 0 Å². The van der Waals surface area contributed by atoms with Gasteiger partial charge in [-0.1, -0.05) is 12.8 Å². The minimum Gasteiger partial charge on any atom is -0.396 e. The van der Waals surface area contributed by atoms with Crippen molar-refractivity contribution < 1.29 is 5.11 Å². The first-order valence-electron chi connectivity index (χ1n) is 5.12. The summed E-state index contributed by atoms with van der Waals surface area (Å²) < 4.78 is 0. The molecule has 0 spiro atoms. The summed E-state index contributed by atoms with van der Waals surface area (Å²) in [7, 11) is 2.01. The van der Waals surface area contributed by atoms with Crippen LogP contribution in [-0.2, 0) is 0 Å². The molecular formula is C10H21NO. The molecule has 1 aliphatic carbocycles. The molecule has 12 heavy (non-hydrogen) atoms. The summed E-state index contributed by atoms with van der Waals surface area (Å²) in [5, 5.41) is 12.1. The molecule has 0 unspecified atom stereocenters. The Kier molecular flexibility index (Phi) is 4.62. The molecule has 0 radical (unpaired) electrons. The lowest BCUT2D eigenvalue weighted by Gasteiger charge is -2.27. The maximum atomic E-state index is 8.94. The number of hydrogen-bond acceptors (Lipinski definition) is 2. The maximum absolute atomic E-state index is 8.94. The molecule has 1 saturated carbocycles. The number of nitrogens with one attached hydrogen (secondary N) is 1. The Bertz CT molecular complexity index is 108. The van der Waals surface area contributed by atoms with Gasteiger partial charge in [-0.25, -0.2) is 0 Å². The highest BCUT2D eigenvalue weighted by Crippen LogP contribution is 2.29. The fourth-order valence-electron chi connectivity index (χ4n) is 2.05. The van der Waals surface area contributed by atoms with Gasteiger partial charge in [-0.15, -0.1) is 0 Å². The number of aliphatic hydroxyl groups excluding tert-OH is 1. The van der Waals surface area contributed by atoms with Crippen molar-refractivity contribution >= 4 is 0 Å². The monoisotopic (exact) mass is 171 g/mol. The minimum absolute atomic E-state index is 0.402. The van der Waals surface area contributed by atoms with Crippen LogP contribution in [0.5, 0.6) is 0 Å². The maximum Gasteiger partial charge on any atom is 0.0459 e. The lowest BCUT2D eigenvalue weighted by molar-refractivity contribution is 0.164. The first-order valence-corrected chi connectivity index (χ1v) is 5.12. The van der Waals surface area contributed by atoms with E-state index in [9.17, 15) is 0 Å². The van der Waals surface area contributed by atoms with Gasteiger partial charge in [-0.05, 0) is 44.7 Å². The Morgan fingerprint density at radius 3 is 2.25 bits per heavy atom. The van der Waals surface area contributed by atoms with Gasteiger partial charge in [0.05, 0.1) is 0 Å². The van der Waals surface area contributed by atoms with Crippen molar-refractivity contribution in [3.05, 3.63) is 0 Å². The van der Waals surface area contributed by atoms with Crippen LogP contribution in [0.1, 0.15) is 32.1 Å². The molecule has 2 N–H and O–H groups in total. The van der Waals surface area contributed by atoms with Crippen LogP contribution in [0.4, 0.5) is 0 Å². The fraction of sp³-hybridized carbons (Fsp3) is 1.00. The SMILES string of the molecule is CNCCC1CCC(CO)CC1. The molecule has 0 aliphatic heterocycles. The van der Waals surface area contributed by atoms with Crippen molar-refractivity contribution in [3.63, 3.8) is 0 Å². The molecule has 0 bridgehead atoms. The third kappa shape index (κ3) is 3.11. The normalized spacial score (nSPS) is 30.5.